The van der Waals surface area contributed by atoms with E-state index < -0.39 is 0 Å². The minimum Gasteiger partial charge on any atom is -0.351 e. The molecule has 1 aromatic carbocycles. The normalized spacial score (nSPS) is 11.0. The molecular formula is C21H19ClN6O. The van der Waals surface area contributed by atoms with Crippen LogP contribution >= 0.6 is 11.6 Å². The van der Waals surface area contributed by atoms with E-state index in [2.05, 4.69) is 25.5 Å². The summed E-state index contributed by atoms with van der Waals surface area (Å²) in [4.78, 5) is 20.3. The van der Waals surface area contributed by atoms with Gasteiger partial charge >= 0.3 is 0 Å². The van der Waals surface area contributed by atoms with E-state index in [1.165, 1.54) is 0 Å². The molecule has 7 nitrogen and oxygen atoms in total. The minimum absolute atomic E-state index is 0.199. The second-order valence-corrected chi connectivity index (χ2v) is 7.25. The van der Waals surface area contributed by atoms with Crippen molar-refractivity contribution in [2.75, 3.05) is 5.32 Å². The zero-order valence-electron chi connectivity index (χ0n) is 15.9. The summed E-state index contributed by atoms with van der Waals surface area (Å²) >= 11 is 5.93. The zero-order chi connectivity index (χ0) is 20.4. The highest BCUT2D eigenvalue weighted by Gasteiger charge is 2.14. The number of rotatable bonds is 5. The van der Waals surface area contributed by atoms with E-state index in [1.807, 2.05) is 60.9 Å². The van der Waals surface area contributed by atoms with Crippen LogP contribution in [0, 0.1) is 0 Å². The first kappa shape index (κ1) is 18.9. The number of hydrogen-bond donors (Lipinski definition) is 2. The third kappa shape index (κ3) is 4.05. The smallest absolute Gasteiger partial charge is 0.273 e. The van der Waals surface area contributed by atoms with Crippen LogP contribution in [-0.2, 0) is 0 Å². The predicted molar refractivity (Wildman–Crippen MR) is 113 cm³/mol. The molecule has 8 heteroatoms. The highest BCUT2D eigenvalue weighted by molar-refractivity contribution is 6.30. The van der Waals surface area contributed by atoms with Gasteiger partial charge in [0.15, 0.2) is 5.82 Å². The van der Waals surface area contributed by atoms with Crippen molar-refractivity contribution >= 4 is 23.3 Å². The van der Waals surface area contributed by atoms with Crippen molar-refractivity contribution in [1.82, 2.24) is 24.7 Å². The first-order valence-electron chi connectivity index (χ1n) is 9.14. The van der Waals surface area contributed by atoms with Gasteiger partial charge in [-0.1, -0.05) is 29.8 Å². The molecule has 0 bridgehead atoms. The number of aromatic amines is 1. The van der Waals surface area contributed by atoms with Crippen molar-refractivity contribution in [3.8, 4) is 22.8 Å². The van der Waals surface area contributed by atoms with E-state index in [0.717, 1.165) is 11.3 Å². The van der Waals surface area contributed by atoms with E-state index >= 15 is 0 Å². The van der Waals surface area contributed by atoms with Crippen LogP contribution in [0.15, 0.2) is 60.9 Å². The molecule has 0 aliphatic heterocycles. The van der Waals surface area contributed by atoms with E-state index in [-0.39, 0.29) is 11.9 Å². The molecule has 0 saturated carbocycles. The van der Waals surface area contributed by atoms with E-state index in [9.17, 15) is 4.79 Å². The average Bonchev–Trinajstić information content (AvgIpc) is 3.39. The number of nitrogens with one attached hydrogen (secondary N) is 2. The summed E-state index contributed by atoms with van der Waals surface area (Å²) in [5.41, 5.74) is 2.86. The molecule has 4 rings (SSSR count). The average molecular weight is 407 g/mol. The zero-order valence-corrected chi connectivity index (χ0v) is 16.7. The number of aromatic nitrogens is 5. The maximum Gasteiger partial charge on any atom is 0.273 e. The number of pyridine rings is 1. The van der Waals surface area contributed by atoms with Crippen molar-refractivity contribution in [1.29, 1.82) is 0 Å². The molecule has 0 aliphatic rings. The van der Waals surface area contributed by atoms with Gasteiger partial charge in [0.1, 0.15) is 23.5 Å². The van der Waals surface area contributed by atoms with Gasteiger partial charge in [0.25, 0.3) is 5.91 Å². The Morgan fingerprint density at radius 1 is 1.10 bits per heavy atom. The fourth-order valence-electron chi connectivity index (χ4n) is 2.94. The van der Waals surface area contributed by atoms with Crippen LogP contribution in [0.1, 0.15) is 30.4 Å². The molecule has 3 heterocycles. The van der Waals surface area contributed by atoms with E-state index in [0.29, 0.717) is 28.1 Å². The number of hydrogen-bond acceptors (Lipinski definition) is 4. The summed E-state index contributed by atoms with van der Waals surface area (Å²) in [5.74, 6) is 0.814. The molecule has 0 aliphatic carbocycles. The third-order valence-electron chi connectivity index (χ3n) is 4.44. The fourth-order valence-corrected chi connectivity index (χ4v) is 3.07. The fraction of sp³-hybridized carbons (Fsp3) is 0.143. The first-order chi connectivity index (χ1) is 14.0. The predicted octanol–water partition coefficient (Wildman–Crippen LogP) is 4.82. The van der Waals surface area contributed by atoms with Crippen LogP contribution in [-0.4, -0.2) is 30.6 Å². The van der Waals surface area contributed by atoms with Gasteiger partial charge in [-0.3, -0.25) is 4.79 Å². The molecule has 2 N–H and O–H groups in total. The van der Waals surface area contributed by atoms with Gasteiger partial charge in [0.05, 0.1) is 0 Å². The molecular weight excluding hydrogens is 388 g/mol. The van der Waals surface area contributed by atoms with Crippen LogP contribution in [0.2, 0.25) is 5.02 Å². The Morgan fingerprint density at radius 2 is 1.90 bits per heavy atom. The summed E-state index contributed by atoms with van der Waals surface area (Å²) in [6.07, 6.45) is 1.67. The lowest BCUT2D eigenvalue weighted by Crippen LogP contribution is -2.13. The number of H-pyrrole nitrogens is 1. The molecule has 146 valence electrons. The Hall–Kier alpha value is -3.45. The number of carbonyl (C=O) groups excluding carboxylic acids is 1. The SMILES string of the molecule is CC(C)n1cnnc1-c1cccc(NC(=O)c2ccc(-c3ccc(Cl)cc3)[nH]2)n1. The maximum absolute atomic E-state index is 12.6. The summed E-state index contributed by atoms with van der Waals surface area (Å²) in [6.45, 7) is 4.09. The van der Waals surface area contributed by atoms with Gasteiger partial charge in [-0.2, -0.15) is 0 Å². The van der Waals surface area contributed by atoms with E-state index in [4.69, 9.17) is 11.6 Å². The molecule has 0 spiro atoms. The van der Waals surface area contributed by atoms with Crippen molar-refractivity contribution in [2.45, 2.75) is 19.9 Å². The third-order valence-corrected chi connectivity index (χ3v) is 4.69. The standard InChI is InChI=1S/C21H19ClN6O/c1-13(2)28-12-23-27-20(28)17-4-3-5-19(25-17)26-21(29)18-11-10-16(24-18)14-6-8-15(22)9-7-14/h3-13,24H,1-2H3,(H,25,26,29). The number of benzene rings is 1. The van der Waals surface area contributed by atoms with Crippen LogP contribution in [0.25, 0.3) is 22.8 Å². The molecule has 0 unspecified atom stereocenters. The Bertz CT molecular complexity index is 1150. The second-order valence-electron chi connectivity index (χ2n) is 6.81. The molecule has 0 saturated heterocycles. The monoisotopic (exact) mass is 406 g/mol. The minimum atomic E-state index is -0.278. The highest BCUT2D eigenvalue weighted by atomic mass is 35.5. The number of carbonyl (C=O) groups is 1. The number of halogens is 1. The Labute approximate surface area is 172 Å². The van der Waals surface area contributed by atoms with E-state index in [1.54, 1.807) is 18.5 Å². The summed E-state index contributed by atoms with van der Waals surface area (Å²) in [5, 5.41) is 11.6. The molecule has 0 radical (unpaired) electrons. The maximum atomic E-state index is 12.6. The summed E-state index contributed by atoms with van der Waals surface area (Å²) < 4.78 is 1.93. The Kier molecular flexibility index (Phi) is 5.14. The van der Waals surface area contributed by atoms with Crippen molar-refractivity contribution in [2.24, 2.45) is 0 Å². The number of anilines is 1. The van der Waals surface area contributed by atoms with Crippen LogP contribution in [0.3, 0.4) is 0 Å². The topological polar surface area (TPSA) is 88.5 Å². The first-order valence-corrected chi connectivity index (χ1v) is 9.52. The molecule has 0 atom stereocenters. The molecule has 3 aromatic heterocycles. The van der Waals surface area contributed by atoms with Crippen LogP contribution in [0.4, 0.5) is 5.82 Å². The molecule has 0 fully saturated rings. The second kappa shape index (κ2) is 7.89. The van der Waals surface area contributed by atoms with Gasteiger partial charge < -0.3 is 14.9 Å². The number of nitrogens with zero attached hydrogens (tertiary/aromatic N) is 4. The largest absolute Gasteiger partial charge is 0.351 e. The lowest BCUT2D eigenvalue weighted by atomic mass is 10.2. The van der Waals surface area contributed by atoms with Gasteiger partial charge in [-0.15, -0.1) is 10.2 Å². The van der Waals surface area contributed by atoms with Gasteiger partial charge in [-0.05, 0) is 55.8 Å². The van der Waals surface area contributed by atoms with Crippen LogP contribution in [0.5, 0.6) is 0 Å². The Morgan fingerprint density at radius 3 is 2.66 bits per heavy atom. The number of amides is 1. The summed E-state index contributed by atoms with van der Waals surface area (Å²) in [6, 6.07) is 16.6. The lowest BCUT2D eigenvalue weighted by molar-refractivity contribution is 0.102. The highest BCUT2D eigenvalue weighted by Crippen LogP contribution is 2.22. The quantitative estimate of drug-likeness (QED) is 0.497. The molecule has 4 aromatic rings. The Balaban J connectivity index is 1.53. The van der Waals surface area contributed by atoms with Crippen molar-refractivity contribution in [3.63, 3.8) is 0 Å². The van der Waals surface area contributed by atoms with Gasteiger partial charge in [-0.25, -0.2) is 4.98 Å². The van der Waals surface area contributed by atoms with Gasteiger partial charge in [0.2, 0.25) is 0 Å². The van der Waals surface area contributed by atoms with Crippen LogP contribution < -0.4 is 5.32 Å². The summed E-state index contributed by atoms with van der Waals surface area (Å²) in [7, 11) is 0. The lowest BCUT2D eigenvalue weighted by Gasteiger charge is -2.10. The van der Waals surface area contributed by atoms with Crippen molar-refractivity contribution in [3.05, 3.63) is 71.6 Å². The molecule has 1 amide bonds. The van der Waals surface area contributed by atoms with Gasteiger partial charge in [0, 0.05) is 16.8 Å². The molecule has 29 heavy (non-hydrogen) atoms. The van der Waals surface area contributed by atoms with Crippen molar-refractivity contribution < 1.29 is 4.79 Å².